The van der Waals surface area contributed by atoms with Crippen molar-refractivity contribution in [2.75, 3.05) is 20.2 Å². The Morgan fingerprint density at radius 2 is 2.10 bits per heavy atom. The van der Waals surface area contributed by atoms with Gasteiger partial charge >= 0.3 is 5.97 Å². The van der Waals surface area contributed by atoms with Crippen LogP contribution < -0.4 is 0 Å². The minimum atomic E-state index is -3.48. The third-order valence-corrected chi connectivity index (χ3v) is 4.87. The van der Waals surface area contributed by atoms with Crippen molar-refractivity contribution in [2.24, 2.45) is 0 Å². The predicted molar refractivity (Wildman–Crippen MR) is 72.6 cm³/mol. The van der Waals surface area contributed by atoms with Gasteiger partial charge in [0, 0.05) is 13.1 Å². The van der Waals surface area contributed by atoms with E-state index in [1.165, 1.54) is 17.5 Å². The molecule has 1 aliphatic heterocycles. The van der Waals surface area contributed by atoms with Gasteiger partial charge < -0.3 is 9.84 Å². The molecule has 2 rings (SSSR count). The lowest BCUT2D eigenvalue weighted by molar-refractivity contribution is -0.0427. The molecule has 0 atom stereocenters. The highest BCUT2D eigenvalue weighted by atomic mass is 32.2. The van der Waals surface area contributed by atoms with Gasteiger partial charge in [0.1, 0.15) is 0 Å². The van der Waals surface area contributed by atoms with Crippen LogP contribution in [0.15, 0.2) is 24.3 Å². The zero-order valence-electron chi connectivity index (χ0n) is 11.4. The van der Waals surface area contributed by atoms with E-state index < -0.39 is 21.6 Å². The maximum absolute atomic E-state index is 12.1. The maximum Gasteiger partial charge on any atom is 0.337 e. The Hall–Kier alpha value is -1.44. The smallest absolute Gasteiger partial charge is 0.337 e. The molecule has 20 heavy (non-hydrogen) atoms. The number of methoxy groups -OCH3 is 1. The molecule has 0 bridgehead atoms. The summed E-state index contributed by atoms with van der Waals surface area (Å²) >= 11 is 0. The SMILES string of the molecule is COC(=O)c1cccc(CS(=O)(=O)N2CC(C)(O)C2)c1. The lowest BCUT2D eigenvalue weighted by Crippen LogP contribution is -2.61. The molecule has 0 unspecified atom stereocenters. The average Bonchev–Trinajstić information content (AvgIpc) is 2.34. The molecule has 0 radical (unpaired) electrons. The summed E-state index contributed by atoms with van der Waals surface area (Å²) < 4.78 is 30.1. The quantitative estimate of drug-likeness (QED) is 0.812. The Labute approximate surface area is 118 Å². The normalized spacial score (nSPS) is 18.4. The fraction of sp³-hybridized carbons (Fsp3) is 0.462. The number of β-amino-alcohol motifs (C(OH)–C–C–N with tert-alkyl or cyclic N) is 1. The average molecular weight is 299 g/mol. The molecule has 0 aliphatic carbocycles. The third kappa shape index (κ3) is 3.17. The fourth-order valence-electron chi connectivity index (χ4n) is 2.12. The minimum absolute atomic E-state index is 0.103. The van der Waals surface area contributed by atoms with E-state index in [-0.39, 0.29) is 18.8 Å². The zero-order valence-corrected chi connectivity index (χ0v) is 12.2. The second-order valence-electron chi connectivity index (χ2n) is 5.21. The standard InChI is InChI=1S/C13H17NO5S/c1-13(16)8-14(9-13)20(17,18)7-10-4-3-5-11(6-10)12(15)19-2/h3-6,16H,7-9H2,1-2H3. The molecule has 1 aliphatic rings. The monoisotopic (exact) mass is 299 g/mol. The van der Waals surface area contributed by atoms with Crippen LogP contribution in [-0.2, 0) is 20.5 Å². The van der Waals surface area contributed by atoms with Crippen LogP contribution in [0.2, 0.25) is 0 Å². The molecular weight excluding hydrogens is 282 g/mol. The first kappa shape index (κ1) is 15.0. The van der Waals surface area contributed by atoms with E-state index in [4.69, 9.17) is 0 Å². The van der Waals surface area contributed by atoms with Crippen molar-refractivity contribution < 1.29 is 23.1 Å². The molecular formula is C13H17NO5S. The van der Waals surface area contributed by atoms with Gasteiger partial charge in [-0.05, 0) is 24.6 Å². The van der Waals surface area contributed by atoms with Crippen molar-refractivity contribution in [1.29, 1.82) is 0 Å². The zero-order chi connectivity index (χ0) is 15.0. The number of esters is 1. The highest BCUT2D eigenvalue weighted by Gasteiger charge is 2.43. The second kappa shape index (κ2) is 5.16. The van der Waals surface area contributed by atoms with Gasteiger partial charge in [0.2, 0.25) is 10.0 Å². The van der Waals surface area contributed by atoms with E-state index >= 15 is 0 Å². The van der Waals surface area contributed by atoms with E-state index in [2.05, 4.69) is 4.74 Å². The van der Waals surface area contributed by atoms with Crippen LogP contribution in [0.4, 0.5) is 0 Å². The maximum atomic E-state index is 12.1. The Morgan fingerprint density at radius 3 is 2.65 bits per heavy atom. The summed E-state index contributed by atoms with van der Waals surface area (Å²) in [6, 6.07) is 6.32. The van der Waals surface area contributed by atoms with E-state index in [0.717, 1.165) is 0 Å². The van der Waals surface area contributed by atoms with Crippen LogP contribution in [0.3, 0.4) is 0 Å². The van der Waals surface area contributed by atoms with E-state index in [9.17, 15) is 18.3 Å². The van der Waals surface area contributed by atoms with Gasteiger partial charge in [-0.25, -0.2) is 13.2 Å². The Morgan fingerprint density at radius 1 is 1.45 bits per heavy atom. The molecule has 1 N–H and O–H groups in total. The molecule has 1 aromatic carbocycles. The van der Waals surface area contributed by atoms with Crippen LogP contribution in [0, 0.1) is 0 Å². The van der Waals surface area contributed by atoms with Crippen LogP contribution in [-0.4, -0.2) is 49.6 Å². The van der Waals surface area contributed by atoms with Crippen LogP contribution in [0.5, 0.6) is 0 Å². The molecule has 1 aromatic rings. The summed E-state index contributed by atoms with van der Waals surface area (Å²) in [5.74, 6) is -0.704. The van der Waals surface area contributed by atoms with Crippen LogP contribution in [0.25, 0.3) is 0 Å². The van der Waals surface area contributed by atoms with Gasteiger partial charge in [0.25, 0.3) is 0 Å². The molecule has 0 amide bonds. The van der Waals surface area contributed by atoms with Crippen molar-refractivity contribution >= 4 is 16.0 Å². The van der Waals surface area contributed by atoms with Crippen LogP contribution in [0.1, 0.15) is 22.8 Å². The summed E-state index contributed by atoms with van der Waals surface area (Å²) in [5, 5.41) is 9.59. The lowest BCUT2D eigenvalue weighted by atomic mass is 10.0. The molecule has 0 aromatic heterocycles. The number of nitrogens with zero attached hydrogens (tertiary/aromatic N) is 1. The minimum Gasteiger partial charge on any atom is -0.465 e. The van der Waals surface area contributed by atoms with E-state index in [1.54, 1.807) is 25.1 Å². The molecule has 6 nitrogen and oxygen atoms in total. The number of carbonyl (C=O) groups excluding carboxylic acids is 1. The highest BCUT2D eigenvalue weighted by Crippen LogP contribution is 2.25. The number of benzene rings is 1. The first-order valence-corrected chi connectivity index (χ1v) is 7.72. The second-order valence-corrected chi connectivity index (χ2v) is 7.18. The van der Waals surface area contributed by atoms with E-state index in [0.29, 0.717) is 11.1 Å². The summed E-state index contributed by atoms with van der Waals surface area (Å²) in [7, 11) is -2.20. The van der Waals surface area contributed by atoms with Crippen molar-refractivity contribution in [1.82, 2.24) is 4.31 Å². The molecule has 110 valence electrons. The number of hydrogen-bond donors (Lipinski definition) is 1. The Balaban J connectivity index is 2.12. The highest BCUT2D eigenvalue weighted by molar-refractivity contribution is 7.88. The molecule has 1 heterocycles. The number of carbonyl (C=O) groups is 1. The lowest BCUT2D eigenvalue weighted by Gasteiger charge is -2.42. The molecule has 1 fully saturated rings. The molecule has 7 heteroatoms. The van der Waals surface area contributed by atoms with Gasteiger partial charge in [0.15, 0.2) is 0 Å². The summed E-state index contributed by atoms with van der Waals surface area (Å²) in [4.78, 5) is 11.4. The van der Waals surface area contributed by atoms with Crippen molar-refractivity contribution in [3.63, 3.8) is 0 Å². The number of rotatable bonds is 4. The van der Waals surface area contributed by atoms with Gasteiger partial charge in [0.05, 0.1) is 24.0 Å². The summed E-state index contributed by atoms with van der Waals surface area (Å²) in [6.07, 6.45) is 0. The van der Waals surface area contributed by atoms with Gasteiger partial charge in [-0.15, -0.1) is 0 Å². The largest absolute Gasteiger partial charge is 0.465 e. The van der Waals surface area contributed by atoms with Gasteiger partial charge in [-0.3, -0.25) is 0 Å². The van der Waals surface area contributed by atoms with Crippen LogP contribution >= 0.6 is 0 Å². The van der Waals surface area contributed by atoms with Gasteiger partial charge in [-0.1, -0.05) is 12.1 Å². The molecule has 1 saturated heterocycles. The Kier molecular flexibility index (Phi) is 3.86. The first-order chi connectivity index (χ1) is 9.23. The summed E-state index contributed by atoms with van der Waals surface area (Å²) in [5.41, 5.74) is -0.115. The number of sulfonamides is 1. The number of hydrogen-bond acceptors (Lipinski definition) is 5. The number of aliphatic hydroxyl groups is 1. The fourth-order valence-corrected chi connectivity index (χ4v) is 3.85. The number of ether oxygens (including phenoxy) is 1. The molecule has 0 spiro atoms. The van der Waals surface area contributed by atoms with Crippen molar-refractivity contribution in [2.45, 2.75) is 18.3 Å². The third-order valence-electron chi connectivity index (χ3n) is 3.12. The Bertz CT molecular complexity index is 615. The molecule has 0 saturated carbocycles. The topological polar surface area (TPSA) is 83.9 Å². The predicted octanol–water partition coefficient (Wildman–Crippen LogP) is 0.370. The van der Waals surface area contributed by atoms with Crippen molar-refractivity contribution in [3.8, 4) is 0 Å². The first-order valence-electron chi connectivity index (χ1n) is 6.11. The van der Waals surface area contributed by atoms with Gasteiger partial charge in [-0.2, -0.15) is 4.31 Å². The van der Waals surface area contributed by atoms with Crippen molar-refractivity contribution in [3.05, 3.63) is 35.4 Å². The van der Waals surface area contributed by atoms with E-state index in [1.807, 2.05) is 0 Å². The summed E-state index contributed by atoms with van der Waals surface area (Å²) in [6.45, 7) is 1.80.